The van der Waals surface area contributed by atoms with Crippen molar-refractivity contribution in [2.75, 3.05) is 13.2 Å². The Labute approximate surface area is 63.8 Å². The molecule has 1 heterocycles. The predicted octanol–water partition coefficient (Wildman–Crippen LogP) is -2.10. The van der Waals surface area contributed by atoms with Gasteiger partial charge in [0.15, 0.2) is 0 Å². The van der Waals surface area contributed by atoms with Gasteiger partial charge >= 0.3 is 0 Å². The third kappa shape index (κ3) is 1.69. The highest BCUT2D eigenvalue weighted by atomic mass is 16.5. The highest BCUT2D eigenvalue weighted by Crippen LogP contribution is 2.15. The lowest BCUT2D eigenvalue weighted by atomic mass is 10.0. The fourth-order valence-corrected chi connectivity index (χ4v) is 1.02. The summed E-state index contributed by atoms with van der Waals surface area (Å²) in [6.07, 6.45) is -4.81. The lowest BCUT2D eigenvalue weighted by molar-refractivity contribution is -0.211. The number of hydrogen-bond donors (Lipinski definition) is 3. The molecule has 1 radical (unpaired) electrons. The van der Waals surface area contributed by atoms with Crippen LogP contribution in [0, 0.1) is 0 Å². The Hall–Kier alpha value is -0.200. The Morgan fingerprint density at radius 2 is 2.09 bits per heavy atom. The molecule has 0 aromatic rings. The molecule has 0 aromatic carbocycles. The zero-order valence-electron chi connectivity index (χ0n) is 5.88. The minimum Gasteiger partial charge on any atom is -0.394 e. The molecule has 3 N–H and O–H groups in total. The molecule has 1 aliphatic rings. The molecule has 0 unspecified atom stereocenters. The Morgan fingerprint density at radius 1 is 1.45 bits per heavy atom. The van der Waals surface area contributed by atoms with Crippen molar-refractivity contribution in [1.29, 1.82) is 0 Å². The maximum atomic E-state index is 10.9. The lowest BCUT2D eigenvalue weighted by Crippen LogP contribution is -2.53. The second-order valence-electron chi connectivity index (χ2n) is 2.58. The van der Waals surface area contributed by atoms with Crippen molar-refractivity contribution in [3.63, 3.8) is 0 Å². The second kappa shape index (κ2) is 3.46. The summed E-state index contributed by atoms with van der Waals surface area (Å²) in [6.45, 7) is -0.511. The molecule has 0 spiro atoms. The summed E-state index contributed by atoms with van der Waals surface area (Å²) in [7, 11) is 0. The fourth-order valence-electron chi connectivity index (χ4n) is 1.02. The first-order valence-electron chi connectivity index (χ1n) is 3.41. The van der Waals surface area contributed by atoms with Gasteiger partial charge in [-0.05, 0) is 0 Å². The first kappa shape index (κ1) is 8.89. The molecule has 5 nitrogen and oxygen atoms in total. The zero-order valence-corrected chi connectivity index (χ0v) is 5.88. The van der Waals surface area contributed by atoms with Crippen LogP contribution in [-0.2, 0) is 9.84 Å². The summed E-state index contributed by atoms with van der Waals surface area (Å²) in [5, 5.41) is 37.4. The summed E-state index contributed by atoms with van der Waals surface area (Å²) >= 11 is 0. The average molecular weight is 163 g/mol. The van der Waals surface area contributed by atoms with E-state index >= 15 is 0 Å². The zero-order chi connectivity index (χ0) is 8.43. The van der Waals surface area contributed by atoms with Gasteiger partial charge < -0.3 is 20.1 Å². The highest BCUT2D eigenvalue weighted by molar-refractivity contribution is 4.85. The van der Waals surface area contributed by atoms with Gasteiger partial charge in [-0.25, -0.2) is 5.11 Å². The van der Waals surface area contributed by atoms with Crippen molar-refractivity contribution in [1.82, 2.24) is 0 Å². The summed E-state index contributed by atoms with van der Waals surface area (Å²) in [5.41, 5.74) is 0. The summed E-state index contributed by atoms with van der Waals surface area (Å²) in [6, 6.07) is 0. The van der Waals surface area contributed by atoms with E-state index in [1.807, 2.05) is 0 Å². The molecule has 65 valence electrons. The van der Waals surface area contributed by atoms with Gasteiger partial charge in [-0.15, -0.1) is 0 Å². The van der Waals surface area contributed by atoms with Crippen LogP contribution < -0.4 is 0 Å². The number of ether oxygens (including phenoxy) is 1. The smallest absolute Gasteiger partial charge is 0.149 e. The van der Waals surface area contributed by atoms with Crippen LogP contribution in [0.1, 0.15) is 0 Å². The van der Waals surface area contributed by atoms with E-state index in [0.717, 1.165) is 0 Å². The normalized spacial score (nSPS) is 45.8. The first-order valence-corrected chi connectivity index (χ1v) is 3.41. The molecule has 0 saturated carbocycles. The Bertz CT molecular complexity index is 126. The van der Waals surface area contributed by atoms with Crippen molar-refractivity contribution in [2.45, 2.75) is 24.4 Å². The largest absolute Gasteiger partial charge is 0.394 e. The van der Waals surface area contributed by atoms with Crippen LogP contribution >= 0.6 is 0 Å². The Balaban J connectivity index is 2.52. The predicted molar refractivity (Wildman–Crippen MR) is 33.3 cm³/mol. The van der Waals surface area contributed by atoms with Crippen LogP contribution in [0.2, 0.25) is 0 Å². The Morgan fingerprint density at radius 3 is 2.64 bits per heavy atom. The van der Waals surface area contributed by atoms with Gasteiger partial charge in [0.05, 0.1) is 13.2 Å². The maximum Gasteiger partial charge on any atom is 0.149 e. The van der Waals surface area contributed by atoms with E-state index in [0.29, 0.717) is 0 Å². The minimum absolute atomic E-state index is 0.115. The van der Waals surface area contributed by atoms with Crippen molar-refractivity contribution >= 4 is 0 Å². The van der Waals surface area contributed by atoms with Crippen LogP contribution in [-0.4, -0.2) is 52.9 Å². The molecule has 1 aliphatic heterocycles. The average Bonchev–Trinajstić information content (AvgIpc) is 2.01. The van der Waals surface area contributed by atoms with Crippen LogP contribution in [0.15, 0.2) is 0 Å². The summed E-state index contributed by atoms with van der Waals surface area (Å²) in [5.74, 6) is 0. The van der Waals surface area contributed by atoms with E-state index in [9.17, 15) is 5.11 Å². The topological polar surface area (TPSA) is 89.8 Å². The van der Waals surface area contributed by atoms with E-state index in [1.165, 1.54) is 0 Å². The monoisotopic (exact) mass is 163 g/mol. The van der Waals surface area contributed by atoms with E-state index in [2.05, 4.69) is 0 Å². The second-order valence-corrected chi connectivity index (χ2v) is 2.58. The van der Waals surface area contributed by atoms with Gasteiger partial charge in [0.2, 0.25) is 0 Å². The summed E-state index contributed by atoms with van der Waals surface area (Å²) < 4.78 is 4.77. The Kier molecular flexibility index (Phi) is 2.80. The first-order chi connectivity index (χ1) is 5.16. The molecule has 0 amide bonds. The maximum absolute atomic E-state index is 10.9. The van der Waals surface area contributed by atoms with Crippen LogP contribution in [0.5, 0.6) is 0 Å². The fraction of sp³-hybridized carbons (Fsp3) is 1.00. The van der Waals surface area contributed by atoms with Gasteiger partial charge in [0, 0.05) is 0 Å². The molecule has 1 fully saturated rings. The third-order valence-electron chi connectivity index (χ3n) is 1.76. The molecule has 0 aliphatic carbocycles. The quantitative estimate of drug-likeness (QED) is 0.413. The standard InChI is InChI=1S/C6H11O5/c7-1-4-6(10)5(9)3(8)2-11-4/h3-8,10H,1-2H2/t3-,4+,5-,6+/m0/s1. The summed E-state index contributed by atoms with van der Waals surface area (Å²) in [4.78, 5) is 0. The van der Waals surface area contributed by atoms with Crippen molar-refractivity contribution < 1.29 is 25.2 Å². The van der Waals surface area contributed by atoms with Gasteiger partial charge in [0.25, 0.3) is 0 Å². The van der Waals surface area contributed by atoms with Crippen LogP contribution in [0.25, 0.3) is 0 Å². The van der Waals surface area contributed by atoms with Gasteiger partial charge in [-0.1, -0.05) is 0 Å². The molecular weight excluding hydrogens is 152 g/mol. The molecular formula is C6H11O5. The van der Waals surface area contributed by atoms with Crippen molar-refractivity contribution in [2.24, 2.45) is 0 Å². The molecule has 5 heteroatoms. The van der Waals surface area contributed by atoms with Gasteiger partial charge in [-0.2, -0.15) is 0 Å². The number of aliphatic hydroxyl groups excluding tert-OH is 3. The third-order valence-corrected chi connectivity index (χ3v) is 1.76. The van der Waals surface area contributed by atoms with Gasteiger partial charge in [0.1, 0.15) is 24.4 Å². The molecule has 0 bridgehead atoms. The number of rotatable bonds is 1. The SMILES string of the molecule is [O][C@@H]1[C@H](O)[C@@H](CO)OC[C@@H]1O. The van der Waals surface area contributed by atoms with Crippen LogP contribution in [0.4, 0.5) is 0 Å². The van der Waals surface area contributed by atoms with E-state index in [4.69, 9.17) is 20.1 Å². The lowest BCUT2D eigenvalue weighted by Gasteiger charge is -2.32. The minimum atomic E-state index is -1.47. The molecule has 0 aromatic heterocycles. The van der Waals surface area contributed by atoms with E-state index in [-0.39, 0.29) is 6.61 Å². The molecule has 11 heavy (non-hydrogen) atoms. The number of hydrogen-bond acceptors (Lipinski definition) is 4. The molecule has 1 saturated heterocycles. The van der Waals surface area contributed by atoms with Gasteiger partial charge in [-0.3, -0.25) is 0 Å². The van der Waals surface area contributed by atoms with Crippen molar-refractivity contribution in [3.05, 3.63) is 0 Å². The van der Waals surface area contributed by atoms with E-state index in [1.54, 1.807) is 0 Å². The number of aliphatic hydroxyl groups is 3. The molecule has 4 atom stereocenters. The van der Waals surface area contributed by atoms with E-state index < -0.39 is 31.0 Å². The highest BCUT2D eigenvalue weighted by Gasteiger charge is 2.38. The van der Waals surface area contributed by atoms with Crippen LogP contribution in [0.3, 0.4) is 0 Å². The molecule has 1 rings (SSSR count). The van der Waals surface area contributed by atoms with Crippen molar-refractivity contribution in [3.8, 4) is 0 Å².